The number of aryl methyl sites for hydroxylation is 1. The maximum absolute atomic E-state index is 13.2. The maximum Gasteiger partial charge on any atom is 0.252 e. The number of nitrogens with one attached hydrogen (secondary N) is 2. The largest absolute Gasteiger partial charge is 0.437 e. The second-order valence-corrected chi connectivity index (χ2v) is 17.6. The molecular weight excluding hydrogens is 729 g/mol. The summed E-state index contributed by atoms with van der Waals surface area (Å²) in [5.41, 5.74) is 15.6. The zero-order valence-corrected chi connectivity index (χ0v) is 32.8. The van der Waals surface area contributed by atoms with Crippen molar-refractivity contribution in [1.82, 2.24) is 5.32 Å². The molecular formula is C48H51N4O6+. The van der Waals surface area contributed by atoms with Gasteiger partial charge in [0.2, 0.25) is 0 Å². The van der Waals surface area contributed by atoms with Crippen LogP contribution in [0.5, 0.6) is 11.5 Å². The summed E-state index contributed by atoms with van der Waals surface area (Å²) in [6.07, 6.45) is 16.5. The number of nitrogens with zero attached hydrogens (tertiary/aromatic N) is 1. The standard InChI is InChI=1S/C48H50N4O6/c1-27-4-9-32(40(55)20-27)41(56)22-30(53)8-5-28-6-15-42-43(21-28)58-47-37(48(18-19-57-42)16-2-3-17-48)13-14-39(54)33-11-12-34-44-29(23-51-46(34)49)7-10-31(45(33)44)35-24-50-38-26-52(47)25-36(35)38/h4,6,9,11-12,15,21,23-25,27,31-32,37,39-41,46-47,51,54-56H,2-3,5,7-8,10,16-17,20,22,26,49H2,1H3/p+1/t27-,31+,32-,37+,39-,40+,41-,46+,47-/m0/s1. The minimum Gasteiger partial charge on any atom is -0.437 e. The number of fused-ring (bicyclic) bond motifs is 6. The first-order valence-corrected chi connectivity index (χ1v) is 21.1. The molecule has 1 saturated carbocycles. The summed E-state index contributed by atoms with van der Waals surface area (Å²) in [6.45, 7) is 2.65. The third kappa shape index (κ3) is 6.43. The second-order valence-electron chi connectivity index (χ2n) is 17.6. The number of aliphatic imine (C=N–C) groups is 1. The summed E-state index contributed by atoms with van der Waals surface area (Å²) in [6, 6.07) is 9.79. The number of ether oxygens (including phenoxy) is 2. The Morgan fingerprint density at radius 1 is 1.12 bits per heavy atom. The lowest BCUT2D eigenvalue weighted by Gasteiger charge is -2.37. The van der Waals surface area contributed by atoms with Crippen molar-refractivity contribution in [1.29, 1.82) is 0 Å². The Hall–Kier alpha value is -4.94. The fraction of sp³-hybridized carbons (Fsp3) is 0.458. The highest BCUT2D eigenvalue weighted by Crippen LogP contribution is 2.51. The van der Waals surface area contributed by atoms with Crippen LogP contribution in [-0.4, -0.2) is 51.8 Å². The lowest BCUT2D eigenvalue weighted by atomic mass is 9.70. The van der Waals surface area contributed by atoms with Crippen molar-refractivity contribution in [3.05, 3.63) is 100 Å². The van der Waals surface area contributed by atoms with Gasteiger partial charge in [-0.25, -0.2) is 0 Å². The van der Waals surface area contributed by atoms with Crippen LogP contribution in [0.4, 0.5) is 0 Å². The number of hydrogen-bond acceptors (Lipinski definition) is 9. The quantitative estimate of drug-likeness (QED) is 0.187. The first-order valence-electron chi connectivity index (χ1n) is 21.1. The summed E-state index contributed by atoms with van der Waals surface area (Å²) < 4.78 is 13.3. The average Bonchev–Trinajstić information content (AvgIpc) is 3.96. The molecule has 10 atom stereocenters. The summed E-state index contributed by atoms with van der Waals surface area (Å²) in [7, 11) is 0. The van der Waals surface area contributed by atoms with E-state index in [4.69, 9.17) is 20.2 Å². The van der Waals surface area contributed by atoms with Gasteiger partial charge in [0.15, 0.2) is 11.5 Å². The van der Waals surface area contributed by atoms with E-state index in [0.29, 0.717) is 30.9 Å². The average molecular weight is 780 g/mol. The Balaban J connectivity index is 1.00. The lowest BCUT2D eigenvalue weighted by Crippen LogP contribution is -3.13. The SMILES string of the molecule is C[C@H]1C=C[C@H]([C@@H](O)CC(=O)CCc2ccc3c(c2)O[C@H]2[C@@H](C#C[C@H](O)c4ccc5c6c4[C@H](CCC6=CN[C@H]5N)C4=CN=C5C[NH+]2C=C45)C2(C#CO3)CCCC2)[C@H](O)C1. The number of ketones is 1. The molecule has 1 spiro atoms. The number of rotatable bonds is 6. The van der Waals surface area contributed by atoms with E-state index in [-0.39, 0.29) is 42.5 Å². The fourth-order valence-electron chi connectivity index (χ4n) is 10.9. The van der Waals surface area contributed by atoms with E-state index in [1.165, 1.54) is 5.57 Å². The summed E-state index contributed by atoms with van der Waals surface area (Å²) in [5, 5.41) is 36.9. The second kappa shape index (κ2) is 14.7. The smallest absolute Gasteiger partial charge is 0.252 e. The molecule has 2 aromatic rings. The van der Waals surface area contributed by atoms with Crippen molar-refractivity contribution in [3.8, 4) is 35.4 Å². The summed E-state index contributed by atoms with van der Waals surface area (Å²) in [5.74, 6) is 10.9. The van der Waals surface area contributed by atoms with Crippen molar-refractivity contribution >= 4 is 17.1 Å². The minimum absolute atomic E-state index is 0.0132. The fourth-order valence-corrected chi connectivity index (χ4v) is 10.9. The molecule has 0 saturated heterocycles. The third-order valence-corrected chi connectivity index (χ3v) is 14.0. The Morgan fingerprint density at radius 2 is 1.97 bits per heavy atom. The summed E-state index contributed by atoms with van der Waals surface area (Å²) in [4.78, 5) is 19.3. The molecule has 298 valence electrons. The van der Waals surface area contributed by atoms with Crippen LogP contribution in [-0.2, 0) is 11.2 Å². The van der Waals surface area contributed by atoms with E-state index in [0.717, 1.165) is 88.1 Å². The van der Waals surface area contributed by atoms with Gasteiger partial charge in [-0.15, -0.1) is 0 Å². The molecule has 2 aromatic carbocycles. The molecule has 0 amide bonds. The van der Waals surface area contributed by atoms with Crippen molar-refractivity contribution in [2.75, 3.05) is 6.54 Å². The van der Waals surface area contributed by atoms with Crippen LogP contribution in [0.15, 0.2) is 77.2 Å². The zero-order chi connectivity index (χ0) is 39.7. The molecule has 2 bridgehead atoms. The summed E-state index contributed by atoms with van der Waals surface area (Å²) >= 11 is 0. The van der Waals surface area contributed by atoms with E-state index in [2.05, 4.69) is 35.4 Å². The van der Waals surface area contributed by atoms with Gasteiger partial charge >= 0.3 is 0 Å². The van der Waals surface area contributed by atoms with Gasteiger partial charge in [0.05, 0.1) is 23.2 Å². The van der Waals surface area contributed by atoms with Crippen LogP contribution in [0.1, 0.15) is 111 Å². The van der Waals surface area contributed by atoms with Gasteiger partial charge in [-0.2, -0.15) is 0 Å². The van der Waals surface area contributed by atoms with E-state index in [1.54, 1.807) is 0 Å². The Kier molecular flexibility index (Phi) is 9.47. The predicted octanol–water partition coefficient (Wildman–Crippen LogP) is 4.40. The normalized spacial score (nSPS) is 32.3. The van der Waals surface area contributed by atoms with Gasteiger partial charge in [0, 0.05) is 37.1 Å². The number of quaternary nitrogens is 1. The third-order valence-electron chi connectivity index (χ3n) is 14.0. The molecule has 3 aliphatic carbocycles. The molecule has 58 heavy (non-hydrogen) atoms. The molecule has 10 heteroatoms. The van der Waals surface area contributed by atoms with Gasteiger partial charge < -0.3 is 35.8 Å². The van der Waals surface area contributed by atoms with Crippen LogP contribution in [0.25, 0.3) is 5.57 Å². The van der Waals surface area contributed by atoms with Gasteiger partial charge in [-0.1, -0.05) is 67.9 Å². The number of hydrogen-bond donors (Lipinski definition) is 6. The molecule has 8 aliphatic rings. The molecule has 0 radical (unpaired) electrons. The highest BCUT2D eigenvalue weighted by molar-refractivity contribution is 6.08. The van der Waals surface area contributed by atoms with E-state index in [9.17, 15) is 20.1 Å². The number of Topliss-reactive ketones (excluding diaryl/α,β-unsaturated/α-hetero) is 1. The van der Waals surface area contributed by atoms with Gasteiger partial charge in [0.1, 0.15) is 48.5 Å². The maximum atomic E-state index is 13.2. The first kappa shape index (κ1) is 37.3. The first-order chi connectivity index (χ1) is 28.2. The molecule has 10 nitrogen and oxygen atoms in total. The number of aliphatic hydroxyl groups is 3. The molecule has 5 aliphatic heterocycles. The highest BCUT2D eigenvalue weighted by Gasteiger charge is 2.52. The van der Waals surface area contributed by atoms with Gasteiger partial charge in [-0.05, 0) is 95.5 Å². The zero-order valence-electron chi connectivity index (χ0n) is 32.8. The van der Waals surface area contributed by atoms with Crippen LogP contribution in [0, 0.1) is 47.0 Å². The molecule has 7 N–H and O–H groups in total. The Labute approximate surface area is 339 Å². The van der Waals surface area contributed by atoms with Crippen LogP contribution in [0.2, 0.25) is 0 Å². The predicted molar refractivity (Wildman–Crippen MR) is 219 cm³/mol. The Morgan fingerprint density at radius 3 is 2.81 bits per heavy atom. The van der Waals surface area contributed by atoms with Crippen molar-refractivity contribution in [2.24, 2.45) is 33.9 Å². The van der Waals surface area contributed by atoms with E-state index in [1.807, 2.05) is 61.8 Å². The van der Waals surface area contributed by atoms with Gasteiger partial charge in [-0.3, -0.25) is 14.7 Å². The number of carbonyl (C=O) groups excluding carboxylic acids is 1. The number of aliphatic hydroxyl groups excluding tert-OH is 3. The van der Waals surface area contributed by atoms with Crippen LogP contribution in [0.3, 0.4) is 0 Å². The van der Waals surface area contributed by atoms with E-state index < -0.39 is 35.9 Å². The lowest BCUT2D eigenvalue weighted by molar-refractivity contribution is -0.888. The number of allylic oxidation sites excluding steroid dienone is 3. The molecule has 1 unspecified atom stereocenters. The van der Waals surface area contributed by atoms with Crippen LogP contribution < -0.4 is 25.4 Å². The number of benzene rings is 2. The topological polar surface area (TPSA) is 151 Å². The molecule has 10 rings (SSSR count). The van der Waals surface area contributed by atoms with Crippen molar-refractivity contribution in [3.63, 3.8) is 0 Å². The molecule has 1 fully saturated rings. The highest BCUT2D eigenvalue weighted by atomic mass is 16.5. The van der Waals surface area contributed by atoms with Gasteiger partial charge in [0.25, 0.3) is 6.23 Å². The Bertz CT molecular complexity index is 2350. The molecule has 5 heterocycles. The van der Waals surface area contributed by atoms with Crippen LogP contribution >= 0.6 is 0 Å². The van der Waals surface area contributed by atoms with Crippen molar-refractivity contribution in [2.45, 2.75) is 108 Å². The molecule has 0 aromatic heterocycles. The number of carbonyl (C=O) groups is 1. The number of nitrogens with two attached hydrogens (primary N) is 1. The monoisotopic (exact) mass is 779 g/mol. The van der Waals surface area contributed by atoms with Crippen molar-refractivity contribution < 1.29 is 34.5 Å². The minimum atomic E-state index is -1.04. The van der Waals surface area contributed by atoms with E-state index >= 15 is 0 Å².